The van der Waals surface area contributed by atoms with Crippen LogP contribution < -0.4 is 4.74 Å². The van der Waals surface area contributed by atoms with E-state index < -0.39 is 0 Å². The van der Waals surface area contributed by atoms with E-state index in [-0.39, 0.29) is 28.2 Å². The lowest BCUT2D eigenvalue weighted by molar-refractivity contribution is 0.293. The van der Waals surface area contributed by atoms with Crippen LogP contribution in [0.4, 0.5) is 8.78 Å². The highest BCUT2D eigenvalue weighted by Gasteiger charge is 2.37. The van der Waals surface area contributed by atoms with E-state index in [1.807, 2.05) is 36.4 Å². The number of benzene rings is 3. The van der Waals surface area contributed by atoms with Gasteiger partial charge in [-0.3, -0.25) is 0 Å². The first kappa shape index (κ1) is 20.0. The summed E-state index contributed by atoms with van der Waals surface area (Å²) in [5.41, 5.74) is 3.17. The van der Waals surface area contributed by atoms with Crippen LogP contribution in [-0.2, 0) is 6.42 Å². The van der Waals surface area contributed by atoms with Crippen molar-refractivity contribution in [3.8, 4) is 5.75 Å². The number of fused-ring (bicyclic) bond motifs is 1. The molecule has 3 aromatic carbocycles. The maximum absolute atomic E-state index is 13.9. The molecule has 0 saturated carbocycles. The van der Waals surface area contributed by atoms with Gasteiger partial charge in [0.25, 0.3) is 0 Å². The minimum atomic E-state index is -0.283. The highest BCUT2D eigenvalue weighted by Crippen LogP contribution is 2.49. The lowest BCUT2D eigenvalue weighted by Crippen LogP contribution is -2.19. The predicted octanol–water partition coefficient (Wildman–Crippen LogP) is 7.14. The third-order valence-corrected chi connectivity index (χ3v) is 6.86. The highest BCUT2D eigenvalue weighted by atomic mass is 32.2. The Labute approximate surface area is 175 Å². The number of thioether (sulfide) groups is 1. The molecule has 0 N–H and O–H groups in total. The highest BCUT2D eigenvalue weighted by molar-refractivity contribution is 8.00. The third-order valence-electron chi connectivity index (χ3n) is 5.43. The summed E-state index contributed by atoms with van der Waals surface area (Å²) in [5, 5.41) is 0.275. The molecular formula is C25H24F2OS. The lowest BCUT2D eigenvalue weighted by atomic mass is 9.90. The number of halogens is 2. The van der Waals surface area contributed by atoms with Gasteiger partial charge in [-0.25, -0.2) is 8.78 Å². The molecule has 3 atom stereocenters. The van der Waals surface area contributed by atoms with Crippen LogP contribution in [0.5, 0.6) is 5.75 Å². The lowest BCUT2D eigenvalue weighted by Gasteiger charge is -2.28. The van der Waals surface area contributed by atoms with Crippen molar-refractivity contribution in [1.82, 2.24) is 0 Å². The molecule has 1 nitrogen and oxygen atoms in total. The van der Waals surface area contributed by atoms with E-state index >= 15 is 0 Å². The van der Waals surface area contributed by atoms with Gasteiger partial charge in [0.05, 0.1) is 0 Å². The summed E-state index contributed by atoms with van der Waals surface area (Å²) in [5.74, 6) is 0.818. The molecule has 4 heteroatoms. The van der Waals surface area contributed by atoms with Gasteiger partial charge in [0, 0.05) is 10.8 Å². The SMILES string of the molecule is CC(C)C1c2cc(F)ccc2CC1SC(Oc1ccc(F)cc1)c1ccccc1. The second kappa shape index (κ2) is 8.58. The molecule has 150 valence electrons. The second-order valence-electron chi connectivity index (χ2n) is 7.81. The molecule has 3 aromatic rings. The molecule has 1 aliphatic rings. The second-order valence-corrected chi connectivity index (χ2v) is 9.11. The van der Waals surface area contributed by atoms with E-state index in [2.05, 4.69) is 13.8 Å². The summed E-state index contributed by atoms with van der Waals surface area (Å²) in [6, 6.07) is 21.4. The van der Waals surface area contributed by atoms with Crippen LogP contribution in [0.1, 0.15) is 41.9 Å². The van der Waals surface area contributed by atoms with E-state index in [1.54, 1.807) is 36.0 Å². The van der Waals surface area contributed by atoms with E-state index in [0.717, 1.165) is 17.5 Å². The standard InChI is InChI=1S/C25H24F2OS/c1-16(2)24-22-15-20(27)9-8-18(22)14-23(24)29-25(17-6-4-3-5-7-17)28-21-12-10-19(26)11-13-21/h3-13,15-16,23-25H,14H2,1-2H3. The van der Waals surface area contributed by atoms with Crippen molar-refractivity contribution in [2.24, 2.45) is 5.92 Å². The van der Waals surface area contributed by atoms with Crippen LogP contribution in [0, 0.1) is 17.6 Å². The van der Waals surface area contributed by atoms with Crippen molar-refractivity contribution in [2.75, 3.05) is 0 Å². The molecule has 0 fully saturated rings. The molecule has 1 aliphatic carbocycles. The Morgan fingerprint density at radius 2 is 1.59 bits per heavy atom. The maximum Gasteiger partial charge on any atom is 0.170 e. The van der Waals surface area contributed by atoms with Crippen molar-refractivity contribution < 1.29 is 13.5 Å². The molecule has 0 spiro atoms. The minimum Gasteiger partial charge on any atom is -0.475 e. The molecule has 3 unspecified atom stereocenters. The third kappa shape index (κ3) is 4.48. The average Bonchev–Trinajstić information content (AvgIpc) is 3.07. The molecule has 0 heterocycles. The van der Waals surface area contributed by atoms with Gasteiger partial charge in [-0.1, -0.05) is 50.2 Å². The summed E-state index contributed by atoms with van der Waals surface area (Å²) in [6.07, 6.45) is 0.888. The van der Waals surface area contributed by atoms with Gasteiger partial charge in [-0.05, 0) is 65.8 Å². The van der Waals surface area contributed by atoms with E-state index in [4.69, 9.17) is 4.74 Å². The monoisotopic (exact) mass is 410 g/mol. The fourth-order valence-electron chi connectivity index (χ4n) is 4.11. The van der Waals surface area contributed by atoms with Gasteiger partial charge in [0.2, 0.25) is 0 Å². The summed E-state index contributed by atoms with van der Waals surface area (Å²) in [4.78, 5) is 0. The molecule has 0 aliphatic heterocycles. The Morgan fingerprint density at radius 1 is 0.897 bits per heavy atom. The largest absolute Gasteiger partial charge is 0.475 e. The van der Waals surface area contributed by atoms with E-state index in [9.17, 15) is 8.78 Å². The van der Waals surface area contributed by atoms with Crippen LogP contribution in [0.3, 0.4) is 0 Å². The zero-order chi connectivity index (χ0) is 20.4. The molecule has 0 aromatic heterocycles. The Kier molecular flexibility index (Phi) is 5.91. The van der Waals surface area contributed by atoms with Crippen LogP contribution in [-0.4, -0.2) is 5.25 Å². The van der Waals surface area contributed by atoms with Crippen molar-refractivity contribution in [2.45, 2.75) is 36.9 Å². The maximum atomic E-state index is 13.9. The van der Waals surface area contributed by atoms with Crippen LogP contribution in [0.15, 0.2) is 72.8 Å². The average molecular weight is 411 g/mol. The van der Waals surface area contributed by atoms with Crippen molar-refractivity contribution in [1.29, 1.82) is 0 Å². The number of ether oxygens (including phenoxy) is 1. The van der Waals surface area contributed by atoms with Gasteiger partial charge in [-0.15, -0.1) is 11.8 Å². The molecular weight excluding hydrogens is 386 g/mol. The number of hydrogen-bond donors (Lipinski definition) is 0. The fourth-order valence-corrected chi connectivity index (χ4v) is 5.81. The fraction of sp³-hybridized carbons (Fsp3) is 0.280. The van der Waals surface area contributed by atoms with Gasteiger partial charge in [0.15, 0.2) is 5.44 Å². The summed E-state index contributed by atoms with van der Waals surface area (Å²) < 4.78 is 33.5. The van der Waals surface area contributed by atoms with Crippen molar-refractivity contribution >= 4 is 11.8 Å². The van der Waals surface area contributed by atoms with Crippen molar-refractivity contribution in [3.63, 3.8) is 0 Å². The van der Waals surface area contributed by atoms with Gasteiger partial charge in [0.1, 0.15) is 17.4 Å². The Morgan fingerprint density at radius 3 is 2.28 bits per heavy atom. The predicted molar refractivity (Wildman–Crippen MR) is 115 cm³/mol. The minimum absolute atomic E-state index is 0.178. The normalized spacial score (nSPS) is 19.2. The molecule has 0 amide bonds. The topological polar surface area (TPSA) is 9.23 Å². The Bertz CT molecular complexity index is 956. The molecule has 0 saturated heterocycles. The van der Waals surface area contributed by atoms with E-state index in [1.165, 1.54) is 17.7 Å². The smallest absolute Gasteiger partial charge is 0.170 e. The quantitative estimate of drug-likeness (QED) is 0.399. The zero-order valence-corrected chi connectivity index (χ0v) is 17.3. The van der Waals surface area contributed by atoms with E-state index in [0.29, 0.717) is 11.7 Å². The molecule has 0 radical (unpaired) electrons. The number of hydrogen-bond acceptors (Lipinski definition) is 2. The first-order valence-electron chi connectivity index (χ1n) is 9.92. The summed E-state index contributed by atoms with van der Waals surface area (Å²) in [6.45, 7) is 4.38. The number of rotatable bonds is 6. The van der Waals surface area contributed by atoms with Crippen LogP contribution in [0.2, 0.25) is 0 Å². The zero-order valence-electron chi connectivity index (χ0n) is 16.5. The van der Waals surface area contributed by atoms with Crippen molar-refractivity contribution in [3.05, 3.63) is 101 Å². The van der Waals surface area contributed by atoms with Gasteiger partial charge < -0.3 is 4.74 Å². The molecule has 4 rings (SSSR count). The summed E-state index contributed by atoms with van der Waals surface area (Å²) in [7, 11) is 0. The van der Waals surface area contributed by atoms with Gasteiger partial charge in [-0.2, -0.15) is 0 Å². The molecule has 0 bridgehead atoms. The Balaban J connectivity index is 1.62. The summed E-state index contributed by atoms with van der Waals surface area (Å²) >= 11 is 1.76. The van der Waals surface area contributed by atoms with Crippen LogP contribution >= 0.6 is 11.8 Å². The molecule has 29 heavy (non-hydrogen) atoms. The Hall–Kier alpha value is -2.33. The first-order chi connectivity index (χ1) is 14.0. The van der Waals surface area contributed by atoms with Gasteiger partial charge >= 0.3 is 0 Å². The van der Waals surface area contributed by atoms with Crippen LogP contribution in [0.25, 0.3) is 0 Å². The first-order valence-corrected chi connectivity index (χ1v) is 10.9.